The number of carbonyl (C=O) groups is 1. The summed E-state index contributed by atoms with van der Waals surface area (Å²) in [7, 11) is -3.88. The third-order valence-corrected chi connectivity index (χ3v) is 4.81. The van der Waals surface area contributed by atoms with E-state index in [4.69, 9.17) is 11.6 Å². The second-order valence-electron chi connectivity index (χ2n) is 4.89. The van der Waals surface area contributed by atoms with E-state index >= 15 is 0 Å². The van der Waals surface area contributed by atoms with E-state index in [-0.39, 0.29) is 21.5 Å². The van der Waals surface area contributed by atoms with Crippen molar-refractivity contribution in [3.05, 3.63) is 52.8 Å². The first-order valence-corrected chi connectivity index (χ1v) is 8.41. The molecule has 0 aromatic heterocycles. The van der Waals surface area contributed by atoms with Crippen LogP contribution in [-0.2, 0) is 14.8 Å². The molecule has 1 amide bonds. The third-order valence-electron chi connectivity index (χ3n) is 2.96. The number of halogens is 2. The first-order chi connectivity index (χ1) is 10.7. The molecule has 0 unspecified atom stereocenters. The number of nitrogens with one attached hydrogen (secondary N) is 2. The van der Waals surface area contributed by atoms with E-state index in [2.05, 4.69) is 10.0 Å². The standard InChI is InChI=1S/C15H14ClFN2O3S/c1-9-7-11(17)3-6-15(9)23(21,22)19-12-4-5-14(13(16)8-12)18-10(2)20/h3-8,19H,1-2H3,(H,18,20). The molecule has 0 aliphatic heterocycles. The van der Waals surface area contributed by atoms with Crippen molar-refractivity contribution >= 4 is 38.9 Å². The summed E-state index contributed by atoms with van der Waals surface area (Å²) in [6.45, 7) is 2.84. The maximum absolute atomic E-state index is 13.1. The Morgan fingerprint density at radius 3 is 2.43 bits per heavy atom. The molecule has 0 radical (unpaired) electrons. The first-order valence-electron chi connectivity index (χ1n) is 6.55. The smallest absolute Gasteiger partial charge is 0.262 e. The zero-order valence-electron chi connectivity index (χ0n) is 12.4. The molecule has 23 heavy (non-hydrogen) atoms. The topological polar surface area (TPSA) is 75.3 Å². The highest BCUT2D eigenvalue weighted by atomic mass is 35.5. The Labute approximate surface area is 138 Å². The van der Waals surface area contributed by atoms with Crippen molar-refractivity contribution in [2.45, 2.75) is 18.7 Å². The highest BCUT2D eigenvalue weighted by Crippen LogP contribution is 2.27. The van der Waals surface area contributed by atoms with Gasteiger partial charge in [-0.05, 0) is 48.9 Å². The molecule has 0 atom stereocenters. The summed E-state index contributed by atoms with van der Waals surface area (Å²) in [5, 5.41) is 2.71. The van der Waals surface area contributed by atoms with E-state index < -0.39 is 15.8 Å². The maximum Gasteiger partial charge on any atom is 0.262 e. The van der Waals surface area contributed by atoms with E-state index in [0.717, 1.165) is 12.1 Å². The number of sulfonamides is 1. The minimum atomic E-state index is -3.88. The lowest BCUT2D eigenvalue weighted by atomic mass is 10.2. The number of anilines is 2. The van der Waals surface area contributed by atoms with Crippen LogP contribution < -0.4 is 10.0 Å². The van der Waals surface area contributed by atoms with Gasteiger partial charge in [0.25, 0.3) is 10.0 Å². The number of hydrogen-bond donors (Lipinski definition) is 2. The summed E-state index contributed by atoms with van der Waals surface area (Å²) in [5.41, 5.74) is 0.895. The molecule has 8 heteroatoms. The molecular weight excluding hydrogens is 343 g/mol. The molecule has 0 saturated heterocycles. The maximum atomic E-state index is 13.1. The van der Waals surface area contributed by atoms with Gasteiger partial charge in [0, 0.05) is 6.92 Å². The van der Waals surface area contributed by atoms with Gasteiger partial charge in [0.1, 0.15) is 5.82 Å². The van der Waals surface area contributed by atoms with Crippen molar-refractivity contribution in [2.24, 2.45) is 0 Å². The number of carbonyl (C=O) groups excluding carboxylic acids is 1. The van der Waals surface area contributed by atoms with Crippen LogP contribution in [0.4, 0.5) is 15.8 Å². The molecule has 0 spiro atoms. The van der Waals surface area contributed by atoms with Crippen LogP contribution in [0.1, 0.15) is 12.5 Å². The average molecular weight is 357 g/mol. The van der Waals surface area contributed by atoms with Crippen molar-refractivity contribution in [3.63, 3.8) is 0 Å². The molecule has 0 bridgehead atoms. The van der Waals surface area contributed by atoms with Gasteiger partial charge in [0.05, 0.1) is 21.3 Å². The van der Waals surface area contributed by atoms with Gasteiger partial charge in [0.2, 0.25) is 5.91 Å². The second kappa shape index (κ2) is 6.55. The van der Waals surface area contributed by atoms with Crippen molar-refractivity contribution in [1.29, 1.82) is 0 Å². The predicted molar refractivity (Wildman–Crippen MR) is 87.7 cm³/mol. The van der Waals surface area contributed by atoms with Crippen LogP contribution in [-0.4, -0.2) is 14.3 Å². The highest BCUT2D eigenvalue weighted by Gasteiger charge is 2.18. The molecular formula is C15H14ClFN2O3S. The van der Waals surface area contributed by atoms with E-state index in [9.17, 15) is 17.6 Å². The largest absolute Gasteiger partial charge is 0.325 e. The van der Waals surface area contributed by atoms with Crippen LogP contribution >= 0.6 is 11.6 Å². The third kappa shape index (κ3) is 4.20. The van der Waals surface area contributed by atoms with Crippen molar-refractivity contribution < 1.29 is 17.6 Å². The quantitative estimate of drug-likeness (QED) is 0.879. The molecule has 2 aromatic rings. The van der Waals surface area contributed by atoms with Crippen LogP contribution in [0, 0.1) is 12.7 Å². The van der Waals surface area contributed by atoms with Gasteiger partial charge in [0.15, 0.2) is 0 Å². The van der Waals surface area contributed by atoms with E-state index in [1.807, 2.05) is 0 Å². The Kier molecular flexibility index (Phi) is 4.91. The lowest BCUT2D eigenvalue weighted by Crippen LogP contribution is -2.14. The Bertz CT molecular complexity index is 869. The van der Waals surface area contributed by atoms with Crippen molar-refractivity contribution in [3.8, 4) is 0 Å². The average Bonchev–Trinajstić information content (AvgIpc) is 2.40. The SMILES string of the molecule is CC(=O)Nc1ccc(NS(=O)(=O)c2ccc(F)cc2C)cc1Cl. The molecule has 2 aromatic carbocycles. The molecule has 0 aliphatic rings. The van der Waals surface area contributed by atoms with Gasteiger partial charge >= 0.3 is 0 Å². The number of hydrogen-bond acceptors (Lipinski definition) is 3. The molecule has 2 N–H and O–H groups in total. The normalized spacial score (nSPS) is 11.1. The van der Waals surface area contributed by atoms with Crippen molar-refractivity contribution in [1.82, 2.24) is 0 Å². The van der Waals surface area contributed by atoms with E-state index in [1.54, 1.807) is 0 Å². The minimum Gasteiger partial charge on any atom is -0.325 e. The lowest BCUT2D eigenvalue weighted by Gasteiger charge is -2.12. The van der Waals surface area contributed by atoms with Gasteiger partial charge in [-0.2, -0.15) is 0 Å². The molecule has 5 nitrogen and oxygen atoms in total. The number of aryl methyl sites for hydroxylation is 1. The number of rotatable bonds is 4. The second-order valence-corrected chi connectivity index (χ2v) is 6.95. The van der Waals surface area contributed by atoms with Crippen LogP contribution in [0.3, 0.4) is 0 Å². The van der Waals surface area contributed by atoms with Crippen LogP contribution in [0.2, 0.25) is 5.02 Å². The Balaban J connectivity index is 2.30. The fourth-order valence-corrected chi connectivity index (χ4v) is 3.50. The summed E-state index contributed by atoms with van der Waals surface area (Å²) in [6.07, 6.45) is 0. The first kappa shape index (κ1) is 17.2. The summed E-state index contributed by atoms with van der Waals surface area (Å²) in [4.78, 5) is 11.0. The van der Waals surface area contributed by atoms with Gasteiger partial charge in [-0.15, -0.1) is 0 Å². The molecule has 2 rings (SSSR count). The molecule has 0 heterocycles. The monoisotopic (exact) mass is 356 g/mol. The van der Waals surface area contributed by atoms with Gasteiger partial charge in [-0.25, -0.2) is 12.8 Å². The van der Waals surface area contributed by atoms with Gasteiger partial charge in [-0.3, -0.25) is 9.52 Å². The highest BCUT2D eigenvalue weighted by molar-refractivity contribution is 7.92. The summed E-state index contributed by atoms with van der Waals surface area (Å²) in [6, 6.07) is 7.74. The van der Waals surface area contributed by atoms with Crippen molar-refractivity contribution in [2.75, 3.05) is 10.0 Å². The van der Waals surface area contributed by atoms with Crippen LogP contribution in [0.15, 0.2) is 41.3 Å². The number of benzene rings is 2. The fourth-order valence-electron chi connectivity index (χ4n) is 1.99. The van der Waals surface area contributed by atoms with E-state index in [1.165, 1.54) is 38.1 Å². The molecule has 0 aliphatic carbocycles. The Hall–Kier alpha value is -2.12. The molecule has 0 saturated carbocycles. The van der Waals surface area contributed by atoms with Crippen LogP contribution in [0.5, 0.6) is 0 Å². The fraction of sp³-hybridized carbons (Fsp3) is 0.133. The minimum absolute atomic E-state index is 0.0269. The van der Waals surface area contributed by atoms with Gasteiger partial charge < -0.3 is 5.32 Å². The molecule has 0 fully saturated rings. The zero-order valence-corrected chi connectivity index (χ0v) is 13.9. The van der Waals surface area contributed by atoms with Gasteiger partial charge in [-0.1, -0.05) is 11.6 Å². The Morgan fingerprint density at radius 1 is 1.17 bits per heavy atom. The summed E-state index contributed by atoms with van der Waals surface area (Å²) < 4.78 is 40.2. The van der Waals surface area contributed by atoms with Crippen LogP contribution in [0.25, 0.3) is 0 Å². The Morgan fingerprint density at radius 2 is 1.87 bits per heavy atom. The number of amides is 1. The summed E-state index contributed by atoms with van der Waals surface area (Å²) in [5.74, 6) is -0.800. The lowest BCUT2D eigenvalue weighted by molar-refractivity contribution is -0.114. The predicted octanol–water partition coefficient (Wildman–Crippen LogP) is 3.55. The molecule has 122 valence electrons. The zero-order chi connectivity index (χ0) is 17.2. The van der Waals surface area contributed by atoms with E-state index in [0.29, 0.717) is 11.3 Å². The summed E-state index contributed by atoms with van der Waals surface area (Å²) >= 11 is 6.00.